The number of hydrogen-bond acceptors (Lipinski definition) is 24. The minimum absolute atomic E-state index is 0.603. The van der Waals surface area contributed by atoms with Gasteiger partial charge in [0.15, 0.2) is 6.73 Å². The number of thioether (sulfide) groups is 2. The van der Waals surface area contributed by atoms with Gasteiger partial charge in [-0.2, -0.15) is 20.4 Å². The van der Waals surface area contributed by atoms with E-state index in [4.69, 9.17) is 9.47 Å². The van der Waals surface area contributed by atoms with Crippen LogP contribution in [0.1, 0.15) is 118 Å². The van der Waals surface area contributed by atoms with Crippen LogP contribution in [-0.2, 0) is 9.47 Å². The Hall–Kier alpha value is -7.34. The molecule has 0 amide bonds. The smallest absolute Gasteiger partial charge is 0.204 e. The van der Waals surface area contributed by atoms with Gasteiger partial charge in [-0.15, -0.1) is 22.0 Å². The molecule has 0 saturated carbocycles. The van der Waals surface area contributed by atoms with Gasteiger partial charge in [-0.25, -0.2) is 19.9 Å². The zero-order valence-corrected chi connectivity index (χ0v) is 56.9. The van der Waals surface area contributed by atoms with Crippen molar-refractivity contribution in [1.29, 1.82) is 0 Å². The molecule has 24 heteroatoms. The first-order chi connectivity index (χ1) is 40.2. The van der Waals surface area contributed by atoms with Gasteiger partial charge in [-0.05, 0) is 145 Å². The number of likely N-dealkylation sites (N-methyl/N-ethyl adjacent to an activating group) is 1. The number of aromatic nitrogens is 8. The fourth-order valence-electron chi connectivity index (χ4n) is 6.77. The van der Waals surface area contributed by atoms with Crippen LogP contribution in [0.15, 0.2) is 104 Å². The first kappa shape index (κ1) is 75.7. The third-order valence-corrected chi connectivity index (χ3v) is 12.8. The first-order valence-corrected chi connectivity index (χ1v) is 30.3. The second-order valence-electron chi connectivity index (χ2n) is 20.3. The molecular weight excluding hydrogens is 1110 g/mol. The van der Waals surface area contributed by atoms with Crippen molar-refractivity contribution in [1.82, 2.24) is 69.9 Å². The van der Waals surface area contributed by atoms with Crippen molar-refractivity contribution in [3.8, 4) is 0 Å². The van der Waals surface area contributed by atoms with Crippen molar-refractivity contribution < 1.29 is 9.47 Å². The Morgan fingerprint density at radius 3 is 1.22 bits per heavy atom. The highest BCUT2D eigenvalue weighted by Crippen LogP contribution is 2.13. The Balaban J connectivity index is 0.000000468. The molecule has 6 aliphatic rings. The fourth-order valence-corrected chi connectivity index (χ4v) is 8.25. The van der Waals surface area contributed by atoms with Crippen molar-refractivity contribution in [2.75, 3.05) is 93.4 Å². The van der Waals surface area contributed by atoms with Crippen LogP contribution in [-0.4, -0.2) is 197 Å². The van der Waals surface area contributed by atoms with Crippen LogP contribution >= 0.6 is 23.5 Å². The zero-order chi connectivity index (χ0) is 63.7. The van der Waals surface area contributed by atoms with E-state index in [9.17, 15) is 0 Å². The number of nitrogens with zero attached hydrogens (tertiary/aromatic N) is 20. The molecule has 0 radical (unpaired) electrons. The van der Waals surface area contributed by atoms with Crippen molar-refractivity contribution in [2.24, 2.45) is 30.6 Å². The lowest BCUT2D eigenvalue weighted by Crippen LogP contribution is -2.25. The van der Waals surface area contributed by atoms with Crippen LogP contribution in [0.5, 0.6) is 0 Å². The van der Waals surface area contributed by atoms with Crippen molar-refractivity contribution in [3.63, 3.8) is 0 Å². The predicted octanol–water partition coefficient (Wildman–Crippen LogP) is 10.9. The zero-order valence-electron chi connectivity index (χ0n) is 55.3. The second kappa shape index (κ2) is 44.2. The summed E-state index contributed by atoms with van der Waals surface area (Å²) >= 11 is 3.61. The molecule has 5 aromatic rings. The van der Waals surface area contributed by atoms with E-state index in [2.05, 4.69) is 90.4 Å². The molecule has 0 saturated heterocycles. The summed E-state index contributed by atoms with van der Waals surface area (Å²) in [4.78, 5) is 32.2. The summed E-state index contributed by atoms with van der Waals surface area (Å²) in [6.07, 6.45) is 14.3. The maximum atomic E-state index is 5.06. The van der Waals surface area contributed by atoms with E-state index in [-0.39, 0.29) is 0 Å². The van der Waals surface area contributed by atoms with Crippen molar-refractivity contribution >= 4 is 56.8 Å². The second-order valence-corrected chi connectivity index (χ2v) is 22.8. The molecule has 5 aromatic heterocycles. The minimum Gasteiger partial charge on any atom is -0.478 e. The molecule has 0 aliphatic carbocycles. The Kier molecular flexibility index (Phi) is 39.3. The van der Waals surface area contributed by atoms with Crippen LogP contribution < -0.4 is 0 Å². The summed E-state index contributed by atoms with van der Waals surface area (Å²) in [6.45, 7) is 37.0. The molecule has 0 spiro atoms. The Bertz CT molecular complexity index is 2440. The lowest BCUT2D eigenvalue weighted by molar-refractivity contribution is 0.189. The quantitative estimate of drug-likeness (QED) is 0.141. The normalized spacial score (nSPS) is 15.0. The number of ether oxygens (including phenoxy) is 2. The monoisotopic (exact) mass is 1210 g/mol. The highest BCUT2D eigenvalue weighted by atomic mass is 32.2. The molecule has 0 N–H and O–H groups in total. The lowest BCUT2D eigenvalue weighted by atomic mass is 10.2. The van der Waals surface area contributed by atoms with Crippen molar-refractivity contribution in [3.05, 3.63) is 131 Å². The summed E-state index contributed by atoms with van der Waals surface area (Å²) in [5.41, 5.74) is 11.1. The lowest BCUT2D eigenvalue weighted by Gasteiger charge is -2.19. The SMILES string of the molecule is CC1=NN(C)CC1.CC1=NN(C)CCC1.CC1=NN(C)CCO1.CC1=NN(C)CCS1.CC1=NN(C)CO1.CC1=NN(C)CS1.Cc1ccc(C)nc1.Cc1cccc(C)n1.Cc1ccnc(C)n1.Cc1cnc(C)nc1.Cc1cncc(C)n1. The molecule has 0 unspecified atom stereocenters. The van der Waals surface area contributed by atoms with Crippen LogP contribution in [0.3, 0.4) is 0 Å². The Morgan fingerprint density at radius 2 is 0.929 bits per heavy atom. The Morgan fingerprint density at radius 1 is 0.400 bits per heavy atom. The number of pyridine rings is 2. The highest BCUT2D eigenvalue weighted by molar-refractivity contribution is 8.14. The number of aryl methyl sites for hydroxylation is 10. The van der Waals surface area contributed by atoms with E-state index in [1.165, 1.54) is 45.7 Å². The van der Waals surface area contributed by atoms with Gasteiger partial charge in [-0.1, -0.05) is 23.9 Å². The van der Waals surface area contributed by atoms with E-state index in [0.717, 1.165) is 108 Å². The summed E-state index contributed by atoms with van der Waals surface area (Å²) in [5, 5.41) is 38.4. The van der Waals surface area contributed by atoms with E-state index >= 15 is 0 Å². The van der Waals surface area contributed by atoms with Gasteiger partial charge in [-0.3, -0.25) is 45.0 Å². The molecule has 6 aliphatic heterocycles. The van der Waals surface area contributed by atoms with Gasteiger partial charge in [0.2, 0.25) is 11.8 Å². The third kappa shape index (κ3) is 43.0. The summed E-state index contributed by atoms with van der Waals surface area (Å²) < 4.78 is 10.00. The van der Waals surface area contributed by atoms with Gasteiger partial charge in [0, 0.05) is 159 Å². The van der Waals surface area contributed by atoms with E-state index in [0.29, 0.717) is 6.73 Å². The van der Waals surface area contributed by atoms with Crippen LogP contribution in [0, 0.1) is 69.2 Å². The number of hydrazone groups is 6. The molecule has 0 bridgehead atoms. The number of rotatable bonds is 0. The minimum atomic E-state index is 0.603. The predicted molar refractivity (Wildman–Crippen MR) is 357 cm³/mol. The Labute approximate surface area is 518 Å². The molecule has 11 heterocycles. The average Bonchev–Trinajstić information content (AvgIpc) is 4.15. The molecule has 11 rings (SSSR count). The number of hydrogen-bond donors (Lipinski definition) is 0. The van der Waals surface area contributed by atoms with Gasteiger partial charge in [0.05, 0.1) is 33.9 Å². The molecule has 0 fully saturated rings. The van der Waals surface area contributed by atoms with E-state index in [1.807, 2.05) is 225 Å². The molecule has 0 atom stereocenters. The molecular formula is C61H100N20O2S2. The molecule has 468 valence electrons. The third-order valence-electron chi connectivity index (χ3n) is 10.9. The maximum absolute atomic E-state index is 5.06. The maximum Gasteiger partial charge on any atom is 0.204 e. The van der Waals surface area contributed by atoms with E-state index < -0.39 is 0 Å². The van der Waals surface area contributed by atoms with Crippen LogP contribution in [0.25, 0.3) is 0 Å². The molecule has 0 aromatic carbocycles. The largest absolute Gasteiger partial charge is 0.478 e. The van der Waals surface area contributed by atoms with Crippen LogP contribution in [0.4, 0.5) is 0 Å². The van der Waals surface area contributed by atoms with Gasteiger partial charge in [0.25, 0.3) is 0 Å². The average molecular weight is 1210 g/mol. The van der Waals surface area contributed by atoms with Crippen molar-refractivity contribution in [2.45, 2.75) is 130 Å². The van der Waals surface area contributed by atoms with Crippen LogP contribution in [0.2, 0.25) is 0 Å². The fraction of sp³-hybridized carbons (Fsp3) is 0.541. The highest BCUT2D eigenvalue weighted by Gasteiger charge is 2.07. The molecule has 85 heavy (non-hydrogen) atoms. The standard InChI is InChI=1S/2C7H9N.2C6H8N2.C6H12N2.C6H8N2.C5H10N2O.C5H10N2S.C5H10N2.C4H8N2O.C4H8N2S/c1-6-3-4-7(2)8-5-6;1-6-4-3-5-7(2)8-6;1-5-3-7-4-6(2)8-5;1-5-3-7-6(2)8-4-5;1-6-4-3-5-8(2)7-6;1-5-3-4-7-6(2)8-5;2*1-5-6-7(2)3-4-8-5;1-5-3-4-7(2)6-5;2*1-4-5-6(2)3-7-4/h2*3-5H,1-2H3;2*3-4H,1-2H3;3-5H2,1-2H3;3-4H,1-2H3;2*3-4H2,1-2H3;3-4H2,1-2H3;2*3H2,1-2H3. The first-order valence-electron chi connectivity index (χ1n) is 28.3. The van der Waals surface area contributed by atoms with E-state index in [1.54, 1.807) is 35.4 Å². The summed E-state index contributed by atoms with van der Waals surface area (Å²) in [7, 11) is 11.8. The van der Waals surface area contributed by atoms with Gasteiger partial charge < -0.3 is 14.5 Å². The summed E-state index contributed by atoms with van der Waals surface area (Å²) in [5.74, 6) is 5.39. The van der Waals surface area contributed by atoms with Gasteiger partial charge >= 0.3 is 0 Å². The van der Waals surface area contributed by atoms with Gasteiger partial charge in [0.1, 0.15) is 18.3 Å². The molecule has 22 nitrogen and oxygen atoms in total. The topological polar surface area (TPSA) is 215 Å². The summed E-state index contributed by atoms with van der Waals surface area (Å²) in [6, 6.07) is 11.9.